The fourth-order valence-electron chi connectivity index (χ4n) is 4.12. The average Bonchev–Trinajstić information content (AvgIpc) is 3.27. The van der Waals surface area contributed by atoms with Gasteiger partial charge in [0, 0.05) is 29.1 Å². The van der Waals surface area contributed by atoms with Crippen LogP contribution in [0.4, 0.5) is 4.39 Å². The number of carbonyl (C=O) groups is 1. The number of nitrogens with zero attached hydrogens (tertiary/aromatic N) is 1. The fraction of sp³-hybridized carbons (Fsp3) is 0.292. The van der Waals surface area contributed by atoms with E-state index in [0.29, 0.717) is 25.1 Å². The summed E-state index contributed by atoms with van der Waals surface area (Å²) in [6.45, 7) is 2.82. The molecule has 3 atom stereocenters. The predicted octanol–water partition coefficient (Wildman–Crippen LogP) is 4.09. The minimum Gasteiger partial charge on any atom is -0.508 e. The van der Waals surface area contributed by atoms with Gasteiger partial charge in [0.1, 0.15) is 11.6 Å². The number of aromatic hydroxyl groups is 1. The molecule has 0 aliphatic carbocycles. The van der Waals surface area contributed by atoms with Crippen molar-refractivity contribution in [3.63, 3.8) is 0 Å². The molecule has 0 radical (unpaired) electrons. The monoisotopic (exact) mass is 440 g/mol. The van der Waals surface area contributed by atoms with Crippen LogP contribution in [0.5, 0.6) is 5.75 Å². The third-order valence-corrected chi connectivity index (χ3v) is 6.82. The van der Waals surface area contributed by atoms with E-state index in [-0.39, 0.29) is 17.7 Å². The Bertz CT molecular complexity index is 1040. The van der Waals surface area contributed by atoms with Crippen LogP contribution in [0.25, 0.3) is 0 Å². The van der Waals surface area contributed by atoms with E-state index in [1.54, 1.807) is 30.4 Å². The molecule has 162 valence electrons. The SMILES string of the molecule is CC1(O)CCN(Cc2ccccc2O)C(c2cccs2)C1NC(=O)c1ccc(F)cc1. The fourth-order valence-corrected chi connectivity index (χ4v) is 5.02. The van der Waals surface area contributed by atoms with Crippen molar-refractivity contribution >= 4 is 17.2 Å². The van der Waals surface area contributed by atoms with Crippen LogP contribution in [0.2, 0.25) is 0 Å². The molecule has 3 unspecified atom stereocenters. The third-order valence-electron chi connectivity index (χ3n) is 5.88. The minimum atomic E-state index is -1.14. The van der Waals surface area contributed by atoms with Gasteiger partial charge < -0.3 is 15.5 Å². The molecule has 5 nitrogen and oxygen atoms in total. The van der Waals surface area contributed by atoms with E-state index in [1.807, 2.05) is 29.6 Å². The van der Waals surface area contributed by atoms with E-state index in [0.717, 1.165) is 10.4 Å². The van der Waals surface area contributed by atoms with Gasteiger partial charge in [0.2, 0.25) is 0 Å². The lowest BCUT2D eigenvalue weighted by Crippen LogP contribution is -2.62. The zero-order valence-corrected chi connectivity index (χ0v) is 18.0. The Hall–Kier alpha value is -2.74. The van der Waals surface area contributed by atoms with E-state index in [4.69, 9.17) is 0 Å². The van der Waals surface area contributed by atoms with E-state index in [2.05, 4.69) is 10.2 Å². The number of aliphatic hydroxyl groups is 1. The highest BCUT2D eigenvalue weighted by atomic mass is 32.1. The molecule has 0 bridgehead atoms. The number of halogens is 1. The molecule has 2 heterocycles. The molecule has 4 rings (SSSR count). The van der Waals surface area contributed by atoms with Crippen molar-refractivity contribution in [2.45, 2.75) is 37.6 Å². The van der Waals surface area contributed by atoms with E-state index in [1.165, 1.54) is 24.3 Å². The lowest BCUT2D eigenvalue weighted by Gasteiger charge is -2.48. The van der Waals surface area contributed by atoms with Crippen molar-refractivity contribution in [1.82, 2.24) is 10.2 Å². The smallest absolute Gasteiger partial charge is 0.251 e. The lowest BCUT2D eigenvalue weighted by atomic mass is 9.81. The largest absolute Gasteiger partial charge is 0.508 e. The number of thiophene rings is 1. The van der Waals surface area contributed by atoms with Gasteiger partial charge in [-0.05, 0) is 55.1 Å². The summed E-state index contributed by atoms with van der Waals surface area (Å²) in [5.74, 6) is -0.556. The summed E-state index contributed by atoms with van der Waals surface area (Å²) in [6, 6.07) is 15.6. The molecule has 1 amide bonds. The van der Waals surface area contributed by atoms with Gasteiger partial charge in [-0.3, -0.25) is 9.69 Å². The van der Waals surface area contributed by atoms with Crippen molar-refractivity contribution in [3.8, 4) is 5.75 Å². The molecule has 1 aliphatic rings. The number of nitrogens with one attached hydrogen (secondary N) is 1. The van der Waals surface area contributed by atoms with Crippen LogP contribution in [0.3, 0.4) is 0 Å². The van der Waals surface area contributed by atoms with Crippen LogP contribution in [-0.2, 0) is 6.54 Å². The van der Waals surface area contributed by atoms with Crippen molar-refractivity contribution in [2.75, 3.05) is 6.54 Å². The first kappa shape index (κ1) is 21.5. The van der Waals surface area contributed by atoms with Crippen LogP contribution < -0.4 is 5.32 Å². The summed E-state index contributed by atoms with van der Waals surface area (Å²) in [5, 5.41) is 26.5. The van der Waals surface area contributed by atoms with Gasteiger partial charge in [0.25, 0.3) is 5.91 Å². The maximum Gasteiger partial charge on any atom is 0.251 e. The van der Waals surface area contributed by atoms with Crippen LogP contribution in [0, 0.1) is 5.82 Å². The molecule has 0 saturated carbocycles. The molecular formula is C24H25FN2O3S. The molecule has 3 N–H and O–H groups in total. The highest BCUT2D eigenvalue weighted by Gasteiger charge is 2.46. The molecule has 1 aromatic heterocycles. The Kier molecular flexibility index (Phi) is 6.09. The van der Waals surface area contributed by atoms with Gasteiger partial charge in [-0.15, -0.1) is 11.3 Å². The summed E-state index contributed by atoms with van der Waals surface area (Å²) in [5.41, 5.74) is -0.0197. The molecule has 2 aromatic carbocycles. The number of piperidine rings is 1. The second kappa shape index (κ2) is 8.78. The molecule has 7 heteroatoms. The third kappa shape index (κ3) is 4.63. The standard InChI is InChI=1S/C24H25FN2O3S/c1-24(30)12-13-27(15-17-5-2-3-6-19(17)28)21(20-7-4-14-31-20)22(24)26-23(29)16-8-10-18(25)11-9-16/h2-11,14,21-22,28,30H,12-13,15H2,1H3,(H,26,29). The first-order valence-corrected chi connectivity index (χ1v) is 11.1. The highest BCUT2D eigenvalue weighted by molar-refractivity contribution is 7.10. The minimum absolute atomic E-state index is 0.219. The summed E-state index contributed by atoms with van der Waals surface area (Å²) in [4.78, 5) is 16.1. The van der Waals surface area contributed by atoms with Crippen molar-refractivity contribution in [3.05, 3.63) is 87.9 Å². The van der Waals surface area contributed by atoms with Crippen LogP contribution in [-0.4, -0.2) is 39.2 Å². The van der Waals surface area contributed by atoms with Gasteiger partial charge in [-0.1, -0.05) is 24.3 Å². The first-order chi connectivity index (χ1) is 14.8. The number of likely N-dealkylation sites (tertiary alicyclic amines) is 1. The summed E-state index contributed by atoms with van der Waals surface area (Å²) in [6.07, 6.45) is 0.455. The Morgan fingerprint density at radius 1 is 1.19 bits per heavy atom. The van der Waals surface area contributed by atoms with Crippen molar-refractivity contribution in [2.24, 2.45) is 0 Å². The molecule has 31 heavy (non-hydrogen) atoms. The topological polar surface area (TPSA) is 72.8 Å². The number of para-hydroxylation sites is 1. The van der Waals surface area contributed by atoms with Gasteiger partial charge in [0.05, 0.1) is 17.7 Å². The predicted molar refractivity (Wildman–Crippen MR) is 118 cm³/mol. The Morgan fingerprint density at radius 3 is 2.61 bits per heavy atom. The number of hydrogen-bond donors (Lipinski definition) is 3. The van der Waals surface area contributed by atoms with E-state index >= 15 is 0 Å². The number of amides is 1. The van der Waals surface area contributed by atoms with Crippen LogP contribution in [0.15, 0.2) is 66.0 Å². The van der Waals surface area contributed by atoms with Gasteiger partial charge >= 0.3 is 0 Å². The normalized spacial score (nSPS) is 24.1. The molecule has 1 aliphatic heterocycles. The number of benzene rings is 2. The Balaban J connectivity index is 1.66. The number of phenols is 1. The number of carbonyl (C=O) groups excluding carboxylic acids is 1. The number of rotatable bonds is 5. The Morgan fingerprint density at radius 2 is 1.94 bits per heavy atom. The Labute approximate surface area is 184 Å². The molecule has 3 aromatic rings. The summed E-state index contributed by atoms with van der Waals surface area (Å²) in [7, 11) is 0. The molecule has 1 fully saturated rings. The number of hydrogen-bond acceptors (Lipinski definition) is 5. The molecule has 0 spiro atoms. The zero-order chi connectivity index (χ0) is 22.0. The maximum absolute atomic E-state index is 13.3. The van der Waals surface area contributed by atoms with Crippen LogP contribution in [0.1, 0.15) is 40.2 Å². The lowest BCUT2D eigenvalue weighted by molar-refractivity contribution is -0.0657. The highest BCUT2D eigenvalue weighted by Crippen LogP contribution is 2.40. The zero-order valence-electron chi connectivity index (χ0n) is 17.2. The second-order valence-electron chi connectivity index (χ2n) is 8.12. The van der Waals surface area contributed by atoms with E-state index in [9.17, 15) is 19.4 Å². The molecular weight excluding hydrogens is 415 g/mol. The van der Waals surface area contributed by atoms with Crippen molar-refractivity contribution < 1.29 is 19.4 Å². The maximum atomic E-state index is 13.3. The first-order valence-electron chi connectivity index (χ1n) is 10.2. The van der Waals surface area contributed by atoms with Crippen LogP contribution >= 0.6 is 11.3 Å². The van der Waals surface area contributed by atoms with Gasteiger partial charge in [-0.2, -0.15) is 0 Å². The average molecular weight is 441 g/mol. The quantitative estimate of drug-likeness (QED) is 0.559. The van der Waals surface area contributed by atoms with E-state index < -0.39 is 17.5 Å². The summed E-state index contributed by atoms with van der Waals surface area (Å²) < 4.78 is 13.3. The van der Waals surface area contributed by atoms with Gasteiger partial charge in [0.15, 0.2) is 0 Å². The number of phenolic OH excluding ortho intramolecular Hbond substituents is 1. The second-order valence-corrected chi connectivity index (χ2v) is 9.10. The van der Waals surface area contributed by atoms with Crippen molar-refractivity contribution in [1.29, 1.82) is 0 Å². The summed E-state index contributed by atoms with van der Waals surface area (Å²) >= 11 is 1.56. The molecule has 1 saturated heterocycles. The van der Waals surface area contributed by atoms with Gasteiger partial charge in [-0.25, -0.2) is 4.39 Å².